The summed E-state index contributed by atoms with van der Waals surface area (Å²) >= 11 is 0.889. The second-order valence-corrected chi connectivity index (χ2v) is 8.56. The molecule has 2 unspecified atom stereocenters. The van der Waals surface area contributed by atoms with Gasteiger partial charge in [-0.3, -0.25) is 4.21 Å². The van der Waals surface area contributed by atoms with E-state index in [1.54, 1.807) is 20.1 Å². The van der Waals surface area contributed by atoms with Gasteiger partial charge in [0.25, 0.3) is 0 Å². The zero-order valence-electron chi connectivity index (χ0n) is 11.4. The van der Waals surface area contributed by atoms with Crippen LogP contribution in [0.25, 0.3) is 0 Å². The van der Waals surface area contributed by atoms with Crippen LogP contribution in [-0.4, -0.2) is 41.8 Å². The Morgan fingerprint density at radius 3 is 2.65 bits per heavy atom. The van der Waals surface area contributed by atoms with Crippen LogP contribution in [0.3, 0.4) is 0 Å². The molecule has 1 aromatic heterocycles. The van der Waals surface area contributed by atoms with Gasteiger partial charge in [-0.05, 0) is 31.2 Å². The summed E-state index contributed by atoms with van der Waals surface area (Å²) in [7, 11) is -4.88. The van der Waals surface area contributed by atoms with E-state index in [1.165, 1.54) is 5.38 Å². The van der Waals surface area contributed by atoms with Crippen LogP contribution >= 0.6 is 11.3 Å². The van der Waals surface area contributed by atoms with Crippen LogP contribution in [0.2, 0.25) is 0 Å². The van der Waals surface area contributed by atoms with Crippen molar-refractivity contribution in [2.75, 3.05) is 12.0 Å². The smallest absolute Gasteiger partial charge is 0.347 e. The molecule has 0 fully saturated rings. The van der Waals surface area contributed by atoms with Gasteiger partial charge in [-0.25, -0.2) is 17.9 Å². The summed E-state index contributed by atoms with van der Waals surface area (Å²) in [5, 5.41) is 10.5. The number of carboxylic acids is 1. The van der Waals surface area contributed by atoms with Gasteiger partial charge >= 0.3 is 5.97 Å². The van der Waals surface area contributed by atoms with E-state index in [2.05, 4.69) is 4.72 Å². The van der Waals surface area contributed by atoms with Gasteiger partial charge in [-0.15, -0.1) is 11.3 Å². The minimum Gasteiger partial charge on any atom is -0.477 e. The van der Waals surface area contributed by atoms with Crippen LogP contribution < -0.4 is 4.72 Å². The molecule has 0 spiro atoms. The highest BCUT2D eigenvalue weighted by atomic mass is 32.2. The lowest BCUT2D eigenvalue weighted by Crippen LogP contribution is -2.34. The third-order valence-electron chi connectivity index (χ3n) is 2.58. The maximum absolute atomic E-state index is 12.3. The van der Waals surface area contributed by atoms with E-state index in [4.69, 9.17) is 5.11 Å². The fraction of sp³-hybridized carbons (Fsp3) is 0.545. The zero-order chi connectivity index (χ0) is 15.5. The predicted molar refractivity (Wildman–Crippen MR) is 79.3 cm³/mol. The molecule has 1 aromatic rings. The number of aryl methyl sites for hydroxylation is 1. The van der Waals surface area contributed by atoms with Crippen LogP contribution in [0.1, 0.15) is 28.6 Å². The van der Waals surface area contributed by atoms with E-state index < -0.39 is 32.8 Å². The van der Waals surface area contributed by atoms with Gasteiger partial charge in [0.05, 0.1) is 0 Å². The van der Waals surface area contributed by atoms with Gasteiger partial charge in [0, 0.05) is 28.9 Å². The molecular weight excluding hydrogens is 322 g/mol. The SMILES string of the molecule is Cc1csc(C(=O)O)c1S(=O)(=O)NC(C)CCS(C)=O. The second-order valence-electron chi connectivity index (χ2n) is 4.47. The summed E-state index contributed by atoms with van der Waals surface area (Å²) in [5.74, 6) is -0.872. The molecule has 0 saturated heterocycles. The van der Waals surface area contributed by atoms with E-state index in [1.807, 2.05) is 0 Å². The minimum absolute atomic E-state index is 0.181. The van der Waals surface area contributed by atoms with Crippen molar-refractivity contribution in [3.05, 3.63) is 15.8 Å². The predicted octanol–water partition coefficient (Wildman–Crippen LogP) is 1.19. The van der Waals surface area contributed by atoms with Crippen molar-refractivity contribution in [2.24, 2.45) is 0 Å². The van der Waals surface area contributed by atoms with Gasteiger partial charge in [-0.1, -0.05) is 0 Å². The van der Waals surface area contributed by atoms with Crippen LogP contribution in [0.4, 0.5) is 0 Å². The number of carboxylic acid groups (broad SMARTS) is 1. The number of hydrogen-bond donors (Lipinski definition) is 2. The topological polar surface area (TPSA) is 101 Å². The van der Waals surface area contributed by atoms with Crippen molar-refractivity contribution < 1.29 is 22.5 Å². The molecule has 1 rings (SSSR count). The standard InChI is InChI=1S/C11H17NO5S3/c1-7-6-18-9(11(13)14)10(7)20(16,17)12-8(2)4-5-19(3)15/h6,8,12H,4-5H2,1-3H3,(H,13,14). The van der Waals surface area contributed by atoms with Gasteiger partial charge in [0.1, 0.15) is 9.77 Å². The largest absolute Gasteiger partial charge is 0.477 e. The first kappa shape index (κ1) is 17.3. The summed E-state index contributed by atoms with van der Waals surface area (Å²) in [6, 6.07) is -0.412. The highest BCUT2D eigenvalue weighted by Crippen LogP contribution is 2.27. The molecule has 9 heteroatoms. The van der Waals surface area contributed by atoms with E-state index in [9.17, 15) is 17.4 Å². The Balaban J connectivity index is 2.97. The van der Waals surface area contributed by atoms with Crippen molar-refractivity contribution in [1.29, 1.82) is 0 Å². The normalized spacial score (nSPS) is 14.9. The van der Waals surface area contributed by atoms with Crippen LogP contribution in [0, 0.1) is 6.92 Å². The second kappa shape index (κ2) is 6.79. The molecule has 0 aromatic carbocycles. The first-order chi connectivity index (χ1) is 9.15. The Morgan fingerprint density at radius 1 is 1.55 bits per heavy atom. The van der Waals surface area contributed by atoms with E-state index in [0.717, 1.165) is 11.3 Å². The quantitative estimate of drug-likeness (QED) is 0.777. The summed E-state index contributed by atoms with van der Waals surface area (Å²) in [4.78, 5) is 10.7. The number of aromatic carboxylic acids is 1. The Morgan fingerprint density at radius 2 is 2.15 bits per heavy atom. The summed E-state index contributed by atoms with van der Waals surface area (Å²) in [5.41, 5.74) is 0.408. The van der Waals surface area contributed by atoms with E-state index >= 15 is 0 Å². The maximum Gasteiger partial charge on any atom is 0.347 e. The summed E-state index contributed by atoms with van der Waals surface area (Å²) in [6.45, 7) is 3.22. The first-order valence-corrected chi connectivity index (χ1v) is 9.88. The lowest BCUT2D eigenvalue weighted by atomic mass is 10.3. The zero-order valence-corrected chi connectivity index (χ0v) is 13.8. The molecule has 0 aliphatic heterocycles. The minimum atomic E-state index is -3.89. The Bertz CT molecular complexity index is 620. The van der Waals surface area contributed by atoms with Crippen LogP contribution in [0.5, 0.6) is 0 Å². The third-order valence-corrected chi connectivity index (χ3v) is 6.38. The summed E-state index contributed by atoms with van der Waals surface area (Å²) < 4.78 is 37.9. The molecule has 0 radical (unpaired) electrons. The molecule has 20 heavy (non-hydrogen) atoms. The van der Waals surface area contributed by atoms with Crippen LogP contribution in [-0.2, 0) is 20.8 Å². The molecule has 6 nitrogen and oxygen atoms in total. The number of rotatable bonds is 7. The number of nitrogens with one attached hydrogen (secondary N) is 1. The lowest BCUT2D eigenvalue weighted by Gasteiger charge is -2.14. The molecule has 0 saturated carbocycles. The Kier molecular flexibility index (Phi) is 5.87. The molecule has 0 bridgehead atoms. The van der Waals surface area contributed by atoms with Gasteiger partial charge < -0.3 is 5.11 Å². The van der Waals surface area contributed by atoms with Gasteiger partial charge in [0.15, 0.2) is 0 Å². The summed E-state index contributed by atoms with van der Waals surface area (Å²) in [6.07, 6.45) is 1.97. The van der Waals surface area contributed by atoms with Crippen molar-refractivity contribution in [3.8, 4) is 0 Å². The van der Waals surface area contributed by atoms with Gasteiger partial charge in [-0.2, -0.15) is 0 Å². The average molecular weight is 339 g/mol. The molecule has 2 atom stereocenters. The molecule has 114 valence electrons. The third kappa shape index (κ3) is 4.37. The lowest BCUT2D eigenvalue weighted by molar-refractivity contribution is 0.0698. The fourth-order valence-corrected chi connectivity index (χ4v) is 5.23. The monoisotopic (exact) mass is 339 g/mol. The Hall–Kier alpha value is -0.770. The van der Waals surface area contributed by atoms with Crippen LogP contribution in [0.15, 0.2) is 10.3 Å². The van der Waals surface area contributed by atoms with Crippen molar-refractivity contribution in [1.82, 2.24) is 4.72 Å². The van der Waals surface area contributed by atoms with Crippen molar-refractivity contribution in [2.45, 2.75) is 31.2 Å². The highest BCUT2D eigenvalue weighted by molar-refractivity contribution is 7.89. The molecule has 1 heterocycles. The molecule has 2 N–H and O–H groups in total. The fourth-order valence-electron chi connectivity index (χ4n) is 1.64. The number of thiophene rings is 1. The molecular formula is C11H17NO5S3. The van der Waals surface area contributed by atoms with E-state index in [-0.39, 0.29) is 9.77 Å². The number of hydrogen-bond acceptors (Lipinski definition) is 5. The maximum atomic E-state index is 12.3. The van der Waals surface area contributed by atoms with E-state index in [0.29, 0.717) is 17.7 Å². The molecule has 0 amide bonds. The first-order valence-electron chi connectivity index (χ1n) is 5.79. The Labute approximate surface area is 124 Å². The molecule has 0 aliphatic carbocycles. The molecule has 0 aliphatic rings. The number of carbonyl (C=O) groups is 1. The van der Waals surface area contributed by atoms with Gasteiger partial charge in [0.2, 0.25) is 10.0 Å². The number of sulfonamides is 1. The van der Waals surface area contributed by atoms with Crippen molar-refractivity contribution >= 4 is 38.1 Å². The highest BCUT2D eigenvalue weighted by Gasteiger charge is 2.27. The average Bonchev–Trinajstić information content (AvgIpc) is 2.68. The van der Waals surface area contributed by atoms with Crippen molar-refractivity contribution in [3.63, 3.8) is 0 Å².